The number of nitrogens with one attached hydrogen (secondary N) is 1. The summed E-state index contributed by atoms with van der Waals surface area (Å²) >= 11 is 0. The molecule has 0 bridgehead atoms. The Morgan fingerprint density at radius 3 is 2.94 bits per heavy atom. The molecule has 0 spiro atoms. The highest BCUT2D eigenvalue weighted by molar-refractivity contribution is 5.72. The number of anilines is 1. The number of hydrogen-bond donors (Lipinski definition) is 1. The highest BCUT2D eigenvalue weighted by Crippen LogP contribution is 2.29. The molecule has 2 atom stereocenters. The van der Waals surface area contributed by atoms with Crippen molar-refractivity contribution in [3.63, 3.8) is 0 Å². The maximum atomic E-state index is 11.5. The smallest absolute Gasteiger partial charge is 0.308 e. The Morgan fingerprint density at radius 2 is 2.22 bits per heavy atom. The van der Waals surface area contributed by atoms with Crippen molar-refractivity contribution < 1.29 is 9.53 Å². The van der Waals surface area contributed by atoms with Crippen molar-refractivity contribution in [2.75, 3.05) is 12.4 Å². The Hall–Kier alpha value is -1.65. The zero-order valence-corrected chi connectivity index (χ0v) is 11.1. The molecule has 98 valence electrons. The second-order valence-electron chi connectivity index (χ2n) is 4.82. The summed E-state index contributed by atoms with van der Waals surface area (Å²) in [6.45, 7) is 3.85. The zero-order chi connectivity index (χ0) is 13.1. The molecule has 1 N–H and O–H groups in total. The van der Waals surface area contributed by atoms with Crippen LogP contribution < -0.4 is 5.32 Å². The molecule has 0 unspecified atom stereocenters. The Kier molecular flexibility index (Phi) is 3.79. The molecule has 1 aliphatic carbocycles. The van der Waals surface area contributed by atoms with E-state index < -0.39 is 0 Å². The standard InChI is InChI=1S/C13H19N3O2/c1-8-7-14-9(2)12(15-8)16-11-5-4-10(6-11)13(17)18-3/h7,10-11H,4-6H2,1-3H3,(H,15,16)/t10-,11+/m0/s1. The Labute approximate surface area is 107 Å². The first-order valence-electron chi connectivity index (χ1n) is 6.24. The van der Waals surface area contributed by atoms with Crippen LogP contribution in [-0.2, 0) is 9.53 Å². The summed E-state index contributed by atoms with van der Waals surface area (Å²) in [6.07, 6.45) is 4.41. The van der Waals surface area contributed by atoms with Crippen LogP contribution in [0.3, 0.4) is 0 Å². The molecule has 0 aromatic carbocycles. The second kappa shape index (κ2) is 5.33. The van der Waals surface area contributed by atoms with Gasteiger partial charge in [-0.2, -0.15) is 0 Å². The van der Waals surface area contributed by atoms with Crippen LogP contribution in [0.5, 0.6) is 0 Å². The maximum absolute atomic E-state index is 11.5. The number of rotatable bonds is 3. The van der Waals surface area contributed by atoms with Gasteiger partial charge >= 0.3 is 5.97 Å². The monoisotopic (exact) mass is 249 g/mol. The average Bonchev–Trinajstić information content (AvgIpc) is 2.81. The van der Waals surface area contributed by atoms with Gasteiger partial charge in [-0.15, -0.1) is 0 Å². The molecule has 5 nitrogen and oxygen atoms in total. The zero-order valence-electron chi connectivity index (χ0n) is 11.1. The molecule has 0 radical (unpaired) electrons. The van der Waals surface area contributed by atoms with Gasteiger partial charge in [-0.25, -0.2) is 4.98 Å². The van der Waals surface area contributed by atoms with E-state index in [1.54, 1.807) is 6.20 Å². The minimum atomic E-state index is -0.105. The molecule has 1 heterocycles. The molecule has 1 aliphatic rings. The molecular formula is C13H19N3O2. The Bertz CT molecular complexity index is 448. The normalized spacial score (nSPS) is 22.8. The average molecular weight is 249 g/mol. The van der Waals surface area contributed by atoms with E-state index in [0.717, 1.165) is 36.5 Å². The third-order valence-corrected chi connectivity index (χ3v) is 3.38. The van der Waals surface area contributed by atoms with E-state index in [2.05, 4.69) is 15.3 Å². The third kappa shape index (κ3) is 2.78. The molecule has 18 heavy (non-hydrogen) atoms. The first-order chi connectivity index (χ1) is 8.60. The van der Waals surface area contributed by atoms with E-state index >= 15 is 0 Å². The predicted molar refractivity (Wildman–Crippen MR) is 68.3 cm³/mol. The summed E-state index contributed by atoms with van der Waals surface area (Å²) < 4.78 is 4.78. The summed E-state index contributed by atoms with van der Waals surface area (Å²) in [7, 11) is 1.44. The molecular weight excluding hydrogens is 230 g/mol. The van der Waals surface area contributed by atoms with Gasteiger partial charge in [-0.3, -0.25) is 9.78 Å². The van der Waals surface area contributed by atoms with Crippen LogP contribution in [-0.4, -0.2) is 29.1 Å². The molecule has 1 aromatic heterocycles. The summed E-state index contributed by atoms with van der Waals surface area (Å²) in [4.78, 5) is 20.2. The van der Waals surface area contributed by atoms with E-state index in [9.17, 15) is 4.79 Å². The topological polar surface area (TPSA) is 64.1 Å². The minimum Gasteiger partial charge on any atom is -0.469 e. The van der Waals surface area contributed by atoms with Gasteiger partial charge in [0.15, 0.2) is 0 Å². The van der Waals surface area contributed by atoms with Crippen LogP contribution in [0.25, 0.3) is 0 Å². The Morgan fingerprint density at radius 1 is 1.44 bits per heavy atom. The van der Waals surface area contributed by atoms with Gasteiger partial charge in [-0.1, -0.05) is 0 Å². The van der Waals surface area contributed by atoms with Crippen molar-refractivity contribution in [2.24, 2.45) is 5.92 Å². The largest absolute Gasteiger partial charge is 0.469 e. The van der Waals surface area contributed by atoms with E-state index in [1.807, 2.05) is 13.8 Å². The van der Waals surface area contributed by atoms with Crippen molar-refractivity contribution in [3.8, 4) is 0 Å². The summed E-state index contributed by atoms with van der Waals surface area (Å²) in [5.41, 5.74) is 1.78. The quantitative estimate of drug-likeness (QED) is 0.828. The number of carbonyl (C=O) groups excluding carboxylic acids is 1. The fourth-order valence-corrected chi connectivity index (χ4v) is 2.36. The number of methoxy groups -OCH3 is 1. The number of nitrogens with zero attached hydrogens (tertiary/aromatic N) is 2. The molecule has 1 aromatic rings. The van der Waals surface area contributed by atoms with Gasteiger partial charge in [0.1, 0.15) is 5.82 Å². The van der Waals surface area contributed by atoms with Crippen molar-refractivity contribution in [3.05, 3.63) is 17.6 Å². The number of aryl methyl sites for hydroxylation is 2. The molecule has 0 aliphatic heterocycles. The van der Waals surface area contributed by atoms with E-state index in [1.165, 1.54) is 7.11 Å². The van der Waals surface area contributed by atoms with Crippen LogP contribution in [0.15, 0.2) is 6.20 Å². The van der Waals surface area contributed by atoms with E-state index in [0.29, 0.717) is 0 Å². The Balaban J connectivity index is 1.99. The number of aromatic nitrogens is 2. The minimum absolute atomic E-state index is 0.0191. The lowest BCUT2D eigenvalue weighted by Crippen LogP contribution is -2.20. The third-order valence-electron chi connectivity index (χ3n) is 3.38. The summed E-state index contributed by atoms with van der Waals surface area (Å²) in [5.74, 6) is 0.738. The van der Waals surface area contributed by atoms with Crippen LogP contribution in [0, 0.1) is 19.8 Å². The van der Waals surface area contributed by atoms with Gasteiger partial charge in [0, 0.05) is 12.2 Å². The lowest BCUT2D eigenvalue weighted by Gasteiger charge is -2.15. The highest BCUT2D eigenvalue weighted by atomic mass is 16.5. The van der Waals surface area contributed by atoms with Crippen LogP contribution >= 0.6 is 0 Å². The highest BCUT2D eigenvalue weighted by Gasteiger charge is 2.30. The first-order valence-corrected chi connectivity index (χ1v) is 6.24. The van der Waals surface area contributed by atoms with Gasteiger partial charge in [-0.05, 0) is 33.1 Å². The molecule has 0 amide bonds. The van der Waals surface area contributed by atoms with Crippen molar-refractivity contribution in [1.82, 2.24) is 9.97 Å². The fraction of sp³-hybridized carbons (Fsp3) is 0.615. The van der Waals surface area contributed by atoms with Gasteiger partial charge in [0.2, 0.25) is 0 Å². The lowest BCUT2D eigenvalue weighted by molar-refractivity contribution is -0.145. The van der Waals surface area contributed by atoms with Crippen molar-refractivity contribution in [2.45, 2.75) is 39.2 Å². The van der Waals surface area contributed by atoms with Crippen LogP contribution in [0.2, 0.25) is 0 Å². The van der Waals surface area contributed by atoms with Gasteiger partial charge in [0.25, 0.3) is 0 Å². The molecule has 0 saturated heterocycles. The molecule has 5 heteroatoms. The fourth-order valence-electron chi connectivity index (χ4n) is 2.36. The van der Waals surface area contributed by atoms with Gasteiger partial charge < -0.3 is 10.1 Å². The first kappa shape index (κ1) is 12.8. The number of hydrogen-bond acceptors (Lipinski definition) is 5. The predicted octanol–water partition coefficient (Wildman–Crippen LogP) is 1.85. The van der Waals surface area contributed by atoms with E-state index in [4.69, 9.17) is 4.74 Å². The SMILES string of the molecule is COC(=O)[C@H]1CC[C@@H](Nc2nc(C)cnc2C)C1. The van der Waals surface area contributed by atoms with E-state index in [-0.39, 0.29) is 17.9 Å². The molecule has 1 fully saturated rings. The second-order valence-corrected chi connectivity index (χ2v) is 4.82. The molecule has 1 saturated carbocycles. The number of carbonyl (C=O) groups is 1. The lowest BCUT2D eigenvalue weighted by atomic mass is 10.1. The van der Waals surface area contributed by atoms with Crippen LogP contribution in [0.1, 0.15) is 30.7 Å². The molecule has 2 rings (SSSR count). The maximum Gasteiger partial charge on any atom is 0.308 e. The van der Waals surface area contributed by atoms with Crippen molar-refractivity contribution in [1.29, 1.82) is 0 Å². The van der Waals surface area contributed by atoms with Gasteiger partial charge in [0.05, 0.1) is 24.4 Å². The number of ether oxygens (including phenoxy) is 1. The summed E-state index contributed by atoms with van der Waals surface area (Å²) in [5, 5.41) is 3.38. The summed E-state index contributed by atoms with van der Waals surface area (Å²) in [6, 6.07) is 0.281. The van der Waals surface area contributed by atoms with Crippen LogP contribution in [0.4, 0.5) is 5.82 Å². The number of esters is 1. The van der Waals surface area contributed by atoms with Crippen molar-refractivity contribution >= 4 is 11.8 Å².